The Bertz CT molecular complexity index is 480. The lowest BCUT2D eigenvalue weighted by atomic mass is 10.5. The van der Waals surface area contributed by atoms with Crippen LogP contribution in [0.25, 0.3) is 10.7 Å². The first-order valence-electron chi connectivity index (χ1n) is 5.27. The van der Waals surface area contributed by atoms with Crippen LogP contribution >= 0.6 is 11.3 Å². The topological polar surface area (TPSA) is 69.9 Å². The van der Waals surface area contributed by atoms with Gasteiger partial charge < -0.3 is 4.74 Å². The van der Waals surface area contributed by atoms with Crippen molar-refractivity contribution in [3.05, 3.63) is 17.5 Å². The number of carbonyl (C=O) groups excluding carboxylic acids is 1. The molecule has 2 aromatic heterocycles. The van der Waals surface area contributed by atoms with Gasteiger partial charge in [-0.3, -0.25) is 0 Å². The molecule has 2 rings (SSSR count). The van der Waals surface area contributed by atoms with Crippen LogP contribution in [-0.2, 0) is 16.1 Å². The van der Waals surface area contributed by atoms with Crippen molar-refractivity contribution in [2.45, 2.75) is 19.9 Å². The Balaban J connectivity index is 1.97. The number of carbonyl (C=O) groups is 1. The lowest BCUT2D eigenvalue weighted by Gasteiger charge is -2.00. The smallest absolute Gasteiger partial charge is 0.329 e. The Morgan fingerprint density at radius 2 is 2.47 bits per heavy atom. The molecule has 0 aliphatic heterocycles. The molecule has 90 valence electrons. The van der Waals surface area contributed by atoms with E-state index in [1.807, 2.05) is 24.4 Å². The van der Waals surface area contributed by atoms with Crippen molar-refractivity contribution in [2.24, 2.45) is 0 Å². The van der Waals surface area contributed by atoms with Crippen molar-refractivity contribution in [3.63, 3.8) is 0 Å². The molecule has 0 fully saturated rings. The van der Waals surface area contributed by atoms with E-state index in [1.54, 1.807) is 0 Å². The van der Waals surface area contributed by atoms with E-state index in [9.17, 15) is 4.79 Å². The zero-order valence-electron chi connectivity index (χ0n) is 9.37. The molecule has 0 bridgehead atoms. The van der Waals surface area contributed by atoms with Crippen LogP contribution in [0.2, 0.25) is 0 Å². The van der Waals surface area contributed by atoms with Gasteiger partial charge in [0.05, 0.1) is 11.5 Å². The zero-order valence-corrected chi connectivity index (χ0v) is 10.2. The number of nitrogens with zero attached hydrogens (tertiary/aromatic N) is 4. The first-order chi connectivity index (χ1) is 8.29. The fraction of sp³-hybridized carbons (Fsp3) is 0.400. The molecule has 0 saturated carbocycles. The molecule has 2 heterocycles. The largest absolute Gasteiger partial charge is 0.464 e. The zero-order chi connectivity index (χ0) is 12.1. The molecule has 0 atom stereocenters. The van der Waals surface area contributed by atoms with Gasteiger partial charge in [-0.25, -0.2) is 4.79 Å². The van der Waals surface area contributed by atoms with Crippen molar-refractivity contribution in [2.75, 3.05) is 6.61 Å². The van der Waals surface area contributed by atoms with Gasteiger partial charge in [-0.2, -0.15) is 4.80 Å². The highest BCUT2D eigenvalue weighted by Crippen LogP contribution is 2.19. The van der Waals surface area contributed by atoms with Crippen molar-refractivity contribution < 1.29 is 9.53 Å². The average molecular weight is 252 g/mol. The molecule has 0 radical (unpaired) electrons. The van der Waals surface area contributed by atoms with Gasteiger partial charge in [-0.15, -0.1) is 21.5 Å². The van der Waals surface area contributed by atoms with Crippen LogP contribution in [0.5, 0.6) is 0 Å². The molecular weight excluding hydrogens is 240 g/mol. The van der Waals surface area contributed by atoms with Crippen molar-refractivity contribution in [1.29, 1.82) is 0 Å². The van der Waals surface area contributed by atoms with Gasteiger partial charge in [-0.1, -0.05) is 13.0 Å². The Labute approximate surface area is 102 Å². The molecule has 0 aromatic carbocycles. The summed E-state index contributed by atoms with van der Waals surface area (Å²) < 4.78 is 4.93. The summed E-state index contributed by atoms with van der Waals surface area (Å²) >= 11 is 1.53. The second kappa shape index (κ2) is 5.53. The number of rotatable bonds is 5. The number of hydrogen-bond acceptors (Lipinski definition) is 6. The van der Waals surface area contributed by atoms with Gasteiger partial charge in [0.1, 0.15) is 0 Å². The summed E-state index contributed by atoms with van der Waals surface area (Å²) in [6.07, 6.45) is 0.803. The minimum atomic E-state index is -0.345. The number of thiophene rings is 1. The highest BCUT2D eigenvalue weighted by atomic mass is 32.1. The minimum Gasteiger partial charge on any atom is -0.464 e. The Morgan fingerprint density at radius 1 is 1.59 bits per heavy atom. The predicted molar refractivity (Wildman–Crippen MR) is 62.4 cm³/mol. The van der Waals surface area contributed by atoms with E-state index in [4.69, 9.17) is 4.74 Å². The van der Waals surface area contributed by atoms with Crippen molar-refractivity contribution >= 4 is 17.3 Å². The van der Waals surface area contributed by atoms with Gasteiger partial charge in [0, 0.05) is 0 Å². The summed E-state index contributed by atoms with van der Waals surface area (Å²) in [5.41, 5.74) is 0. The highest BCUT2D eigenvalue weighted by molar-refractivity contribution is 7.13. The molecule has 17 heavy (non-hydrogen) atoms. The molecule has 7 heteroatoms. The summed E-state index contributed by atoms with van der Waals surface area (Å²) in [5.74, 6) is 0.185. The van der Waals surface area contributed by atoms with Crippen molar-refractivity contribution in [1.82, 2.24) is 20.2 Å². The second-order valence-corrected chi connectivity index (χ2v) is 4.29. The van der Waals surface area contributed by atoms with E-state index in [-0.39, 0.29) is 12.5 Å². The monoisotopic (exact) mass is 252 g/mol. The Hall–Kier alpha value is -1.76. The Morgan fingerprint density at radius 3 is 3.18 bits per heavy atom. The molecule has 0 aliphatic carbocycles. The average Bonchev–Trinajstić information content (AvgIpc) is 2.95. The molecule has 0 aliphatic rings. The third-order valence-corrected chi connectivity index (χ3v) is 2.80. The lowest BCUT2D eigenvalue weighted by Crippen LogP contribution is -2.16. The number of hydrogen-bond donors (Lipinski definition) is 0. The SMILES string of the molecule is CCCOC(=O)Cn1nnc(-c2cccs2)n1. The van der Waals surface area contributed by atoms with E-state index in [0.717, 1.165) is 11.3 Å². The molecule has 2 aromatic rings. The molecule has 0 unspecified atom stereocenters. The second-order valence-electron chi connectivity index (χ2n) is 3.34. The number of ether oxygens (including phenoxy) is 1. The maximum atomic E-state index is 11.3. The van der Waals surface area contributed by atoms with Crippen LogP contribution in [0.1, 0.15) is 13.3 Å². The normalized spacial score (nSPS) is 10.4. The first kappa shape index (κ1) is 11.7. The first-order valence-corrected chi connectivity index (χ1v) is 6.15. The third kappa shape index (κ3) is 3.10. The van der Waals surface area contributed by atoms with E-state index in [2.05, 4.69) is 15.4 Å². The summed E-state index contributed by atoms with van der Waals surface area (Å²) in [6, 6.07) is 3.82. The number of tetrazole rings is 1. The summed E-state index contributed by atoms with van der Waals surface area (Å²) in [5, 5.41) is 13.7. The van der Waals surface area contributed by atoms with Crippen molar-refractivity contribution in [3.8, 4) is 10.7 Å². The lowest BCUT2D eigenvalue weighted by molar-refractivity contribution is -0.144. The quantitative estimate of drug-likeness (QED) is 0.751. The fourth-order valence-electron chi connectivity index (χ4n) is 1.19. The summed E-state index contributed by atoms with van der Waals surface area (Å²) in [6.45, 7) is 2.36. The molecule has 0 saturated heterocycles. The Kier molecular flexibility index (Phi) is 3.81. The highest BCUT2D eigenvalue weighted by Gasteiger charge is 2.10. The van der Waals surface area contributed by atoms with E-state index in [1.165, 1.54) is 16.1 Å². The van der Waals surface area contributed by atoms with E-state index < -0.39 is 0 Å². The van der Waals surface area contributed by atoms with Gasteiger partial charge in [0.25, 0.3) is 0 Å². The molecule has 0 amide bonds. The maximum Gasteiger partial charge on any atom is 0.329 e. The standard InChI is InChI=1S/C10H12N4O2S/c1-2-5-16-9(15)7-14-12-10(11-13-14)8-4-3-6-17-8/h3-4,6H,2,5,7H2,1H3. The molecule has 6 nitrogen and oxygen atoms in total. The van der Waals surface area contributed by atoms with Gasteiger partial charge in [0.2, 0.25) is 5.82 Å². The van der Waals surface area contributed by atoms with Gasteiger partial charge in [0.15, 0.2) is 6.54 Å². The third-order valence-electron chi connectivity index (χ3n) is 1.93. The maximum absolute atomic E-state index is 11.3. The fourth-order valence-corrected chi connectivity index (χ4v) is 1.84. The van der Waals surface area contributed by atoms with Gasteiger partial charge >= 0.3 is 5.97 Å². The van der Waals surface area contributed by atoms with Crippen LogP contribution in [-0.4, -0.2) is 32.8 Å². The minimum absolute atomic E-state index is 0.00161. The summed E-state index contributed by atoms with van der Waals surface area (Å²) in [4.78, 5) is 13.5. The van der Waals surface area contributed by atoms with E-state index >= 15 is 0 Å². The van der Waals surface area contributed by atoms with Crippen LogP contribution in [0.15, 0.2) is 17.5 Å². The predicted octanol–water partition coefficient (Wildman–Crippen LogP) is 1.35. The van der Waals surface area contributed by atoms with Crippen LogP contribution in [0, 0.1) is 0 Å². The van der Waals surface area contributed by atoms with Crippen LogP contribution in [0.3, 0.4) is 0 Å². The molecular formula is C10H12N4O2S. The number of aromatic nitrogens is 4. The van der Waals surface area contributed by atoms with E-state index in [0.29, 0.717) is 12.4 Å². The number of esters is 1. The van der Waals surface area contributed by atoms with Crippen LogP contribution < -0.4 is 0 Å². The molecule has 0 spiro atoms. The van der Waals surface area contributed by atoms with Gasteiger partial charge in [-0.05, 0) is 23.1 Å². The molecule has 0 N–H and O–H groups in total. The summed E-state index contributed by atoms with van der Waals surface area (Å²) in [7, 11) is 0. The van der Waals surface area contributed by atoms with Crippen LogP contribution in [0.4, 0.5) is 0 Å².